The summed E-state index contributed by atoms with van der Waals surface area (Å²) in [4.78, 5) is 39.6. The van der Waals surface area contributed by atoms with Crippen LogP contribution in [0.3, 0.4) is 0 Å². The largest absolute Gasteiger partial charge is 0.450 e. The van der Waals surface area contributed by atoms with Crippen LogP contribution in [-0.2, 0) is 25.1 Å². The van der Waals surface area contributed by atoms with Crippen LogP contribution >= 0.6 is 0 Å². The van der Waals surface area contributed by atoms with Crippen LogP contribution in [0.1, 0.15) is 12.5 Å². The van der Waals surface area contributed by atoms with E-state index >= 15 is 0 Å². The second-order valence-corrected chi connectivity index (χ2v) is 9.20. The third-order valence-corrected chi connectivity index (χ3v) is 6.79. The van der Waals surface area contributed by atoms with E-state index in [4.69, 9.17) is 10.00 Å². The average molecular weight is 466 g/mol. The number of urea groups is 1. The lowest BCUT2D eigenvalue weighted by Crippen LogP contribution is -2.55. The molecule has 1 aliphatic rings. The molecule has 4 amide bonds. The molecular weight excluding hydrogens is 438 g/mol. The molecule has 0 saturated carbocycles. The number of benzene rings is 1. The number of amides is 4. The summed E-state index contributed by atoms with van der Waals surface area (Å²) in [6, 6.07) is 9.57. The van der Waals surface area contributed by atoms with E-state index in [0.29, 0.717) is 5.56 Å². The van der Waals surface area contributed by atoms with Gasteiger partial charge in [-0.3, -0.25) is 4.79 Å². The number of nitrogens with zero attached hydrogens (tertiary/aromatic N) is 3. The number of carbonyl (C=O) groups is 3. The lowest BCUT2D eigenvalue weighted by Gasteiger charge is -2.34. The molecule has 11 nitrogen and oxygen atoms in total. The van der Waals surface area contributed by atoms with Crippen molar-refractivity contribution < 1.29 is 27.5 Å². The van der Waals surface area contributed by atoms with Gasteiger partial charge < -0.3 is 25.2 Å². The lowest BCUT2D eigenvalue weighted by molar-refractivity contribution is -0.120. The molecule has 0 aliphatic carbocycles. The van der Waals surface area contributed by atoms with Crippen molar-refractivity contribution in [2.75, 3.05) is 45.9 Å². The Bertz CT molecular complexity index is 939. The van der Waals surface area contributed by atoms with E-state index in [1.807, 2.05) is 0 Å². The Morgan fingerprint density at radius 3 is 2.31 bits per heavy atom. The van der Waals surface area contributed by atoms with Gasteiger partial charge in [-0.25, -0.2) is 18.0 Å². The number of sulfone groups is 1. The van der Waals surface area contributed by atoms with Crippen LogP contribution in [0, 0.1) is 11.3 Å². The molecule has 1 aliphatic heterocycles. The van der Waals surface area contributed by atoms with Crippen molar-refractivity contribution in [2.24, 2.45) is 0 Å². The van der Waals surface area contributed by atoms with Crippen molar-refractivity contribution in [3.05, 3.63) is 35.9 Å². The normalized spacial score (nSPS) is 14.8. The standard InChI is InChI=1S/C20H27N5O6S/c1-2-31-20(28)25-12-10-24(11-13-25)19(27)23-14-17(18(26)22-9-8-21)32(29,30)15-16-6-4-3-5-7-16/h3-7,17H,2,9-15H2,1H3,(H,22,26)(H,23,27). The maximum Gasteiger partial charge on any atom is 0.409 e. The minimum absolute atomic E-state index is 0.243. The van der Waals surface area contributed by atoms with Crippen LogP contribution in [-0.4, -0.2) is 87.4 Å². The fourth-order valence-corrected chi connectivity index (χ4v) is 4.73. The molecule has 1 heterocycles. The van der Waals surface area contributed by atoms with Crippen LogP contribution in [0.4, 0.5) is 9.59 Å². The number of nitriles is 1. The second-order valence-electron chi connectivity index (χ2n) is 7.02. The maximum absolute atomic E-state index is 12.9. The Balaban J connectivity index is 2.00. The minimum atomic E-state index is -3.98. The van der Waals surface area contributed by atoms with Crippen LogP contribution < -0.4 is 10.6 Å². The van der Waals surface area contributed by atoms with Gasteiger partial charge in [-0.05, 0) is 12.5 Å². The highest BCUT2D eigenvalue weighted by atomic mass is 32.2. The molecule has 0 bridgehead atoms. The number of hydrogen-bond donors (Lipinski definition) is 2. The van der Waals surface area contributed by atoms with Gasteiger partial charge in [0.05, 0.1) is 18.4 Å². The van der Waals surface area contributed by atoms with Crippen LogP contribution in [0.5, 0.6) is 0 Å². The molecule has 174 valence electrons. The second kappa shape index (κ2) is 11.9. The predicted molar refractivity (Wildman–Crippen MR) is 115 cm³/mol. The zero-order chi connectivity index (χ0) is 23.6. The molecule has 1 atom stereocenters. The summed E-state index contributed by atoms with van der Waals surface area (Å²) in [7, 11) is -3.98. The number of rotatable bonds is 8. The van der Waals surface area contributed by atoms with E-state index in [-0.39, 0.29) is 45.1 Å². The monoisotopic (exact) mass is 465 g/mol. The van der Waals surface area contributed by atoms with E-state index in [2.05, 4.69) is 10.6 Å². The fraction of sp³-hybridized carbons (Fsp3) is 0.500. The highest BCUT2D eigenvalue weighted by Crippen LogP contribution is 2.12. The van der Waals surface area contributed by atoms with Gasteiger partial charge in [0.25, 0.3) is 0 Å². The Morgan fingerprint density at radius 1 is 1.09 bits per heavy atom. The van der Waals surface area contributed by atoms with Gasteiger partial charge in [0, 0.05) is 32.7 Å². The first-order chi connectivity index (χ1) is 15.3. The van der Waals surface area contributed by atoms with Crippen molar-refractivity contribution in [1.29, 1.82) is 5.26 Å². The predicted octanol–water partition coefficient (Wildman–Crippen LogP) is 0.0935. The first kappa shape index (κ1) is 24.9. The molecule has 1 fully saturated rings. The summed E-state index contributed by atoms with van der Waals surface area (Å²) < 4.78 is 30.7. The first-order valence-corrected chi connectivity index (χ1v) is 11.8. The SMILES string of the molecule is CCOC(=O)N1CCN(C(=O)NCC(C(=O)NCC#N)S(=O)(=O)Cc2ccccc2)CC1. The van der Waals surface area contributed by atoms with Gasteiger partial charge in [-0.15, -0.1) is 0 Å². The van der Waals surface area contributed by atoms with Crippen LogP contribution in [0.2, 0.25) is 0 Å². The van der Waals surface area contributed by atoms with Crippen molar-refractivity contribution in [3.8, 4) is 6.07 Å². The van der Waals surface area contributed by atoms with Crippen LogP contribution in [0.25, 0.3) is 0 Å². The summed E-state index contributed by atoms with van der Waals surface area (Å²) in [5.74, 6) is -1.23. The zero-order valence-corrected chi connectivity index (χ0v) is 18.6. The van der Waals surface area contributed by atoms with Gasteiger partial charge in [0.1, 0.15) is 6.54 Å². The van der Waals surface area contributed by atoms with E-state index in [9.17, 15) is 22.8 Å². The minimum Gasteiger partial charge on any atom is -0.450 e. The molecule has 1 unspecified atom stereocenters. The van der Waals surface area contributed by atoms with Gasteiger partial charge in [-0.2, -0.15) is 5.26 Å². The smallest absolute Gasteiger partial charge is 0.409 e. The van der Waals surface area contributed by atoms with E-state index < -0.39 is 39.7 Å². The van der Waals surface area contributed by atoms with E-state index in [0.717, 1.165) is 0 Å². The number of carbonyl (C=O) groups excluding carboxylic acids is 3. The summed E-state index contributed by atoms with van der Waals surface area (Å²) in [5, 5.41) is 11.9. The molecule has 1 aromatic carbocycles. The Labute approximate surface area is 187 Å². The molecule has 0 aromatic heterocycles. The summed E-state index contributed by atoms with van der Waals surface area (Å²) >= 11 is 0. The molecule has 2 rings (SSSR count). The van der Waals surface area contributed by atoms with E-state index in [1.165, 1.54) is 9.80 Å². The van der Waals surface area contributed by atoms with Gasteiger partial charge >= 0.3 is 12.1 Å². The molecular formula is C20H27N5O6S. The van der Waals surface area contributed by atoms with Crippen molar-refractivity contribution in [3.63, 3.8) is 0 Å². The van der Waals surface area contributed by atoms with Crippen molar-refractivity contribution >= 4 is 27.9 Å². The number of nitrogens with one attached hydrogen (secondary N) is 2. The van der Waals surface area contributed by atoms with Gasteiger partial charge in [-0.1, -0.05) is 30.3 Å². The quantitative estimate of drug-likeness (QED) is 0.517. The van der Waals surface area contributed by atoms with E-state index in [1.54, 1.807) is 43.3 Å². The highest BCUT2D eigenvalue weighted by Gasteiger charge is 2.34. The summed E-state index contributed by atoms with van der Waals surface area (Å²) in [5.41, 5.74) is 0.506. The molecule has 0 radical (unpaired) electrons. The Morgan fingerprint density at radius 2 is 1.72 bits per heavy atom. The topological polar surface area (TPSA) is 149 Å². The first-order valence-electron chi connectivity index (χ1n) is 10.1. The van der Waals surface area contributed by atoms with Gasteiger partial charge in [0.15, 0.2) is 15.1 Å². The van der Waals surface area contributed by atoms with Gasteiger partial charge in [0.2, 0.25) is 5.91 Å². The number of piperazine rings is 1. The lowest BCUT2D eigenvalue weighted by atomic mass is 10.2. The number of ether oxygens (including phenoxy) is 1. The molecule has 2 N–H and O–H groups in total. The number of hydrogen-bond acceptors (Lipinski definition) is 7. The maximum atomic E-state index is 12.9. The summed E-state index contributed by atoms with van der Waals surface area (Å²) in [6.45, 7) is 2.22. The van der Waals surface area contributed by atoms with Crippen LogP contribution in [0.15, 0.2) is 30.3 Å². The van der Waals surface area contributed by atoms with Crippen molar-refractivity contribution in [1.82, 2.24) is 20.4 Å². The molecule has 0 spiro atoms. The summed E-state index contributed by atoms with van der Waals surface area (Å²) in [6.07, 6.45) is -0.450. The van der Waals surface area contributed by atoms with Crippen molar-refractivity contribution in [2.45, 2.75) is 17.9 Å². The highest BCUT2D eigenvalue weighted by molar-refractivity contribution is 7.92. The molecule has 32 heavy (non-hydrogen) atoms. The fourth-order valence-electron chi connectivity index (χ4n) is 3.13. The third-order valence-electron chi connectivity index (χ3n) is 4.81. The molecule has 1 saturated heterocycles. The Hall–Kier alpha value is -3.33. The Kier molecular flexibility index (Phi) is 9.27. The third kappa shape index (κ3) is 7.12. The molecule has 12 heteroatoms. The average Bonchev–Trinajstić information content (AvgIpc) is 2.78. The zero-order valence-electron chi connectivity index (χ0n) is 17.8. The molecule has 1 aromatic rings.